The van der Waals surface area contributed by atoms with Crippen LogP contribution in [0.3, 0.4) is 0 Å². The molecule has 0 radical (unpaired) electrons. The normalized spacial score (nSPS) is 10.9. The number of para-hydroxylation sites is 1. The van der Waals surface area contributed by atoms with E-state index in [9.17, 15) is 4.79 Å². The molecule has 0 atom stereocenters. The summed E-state index contributed by atoms with van der Waals surface area (Å²) in [5.41, 5.74) is 1.79. The van der Waals surface area contributed by atoms with Crippen LogP contribution in [0.5, 0.6) is 11.5 Å². The first kappa shape index (κ1) is 18.5. The molecule has 0 saturated heterocycles. The van der Waals surface area contributed by atoms with Gasteiger partial charge in [-0.2, -0.15) is 0 Å². The molecule has 0 fully saturated rings. The molecular formula is C23H22O4. The third kappa shape index (κ3) is 4.88. The molecule has 0 unspecified atom stereocenters. The molecule has 4 heteroatoms. The van der Waals surface area contributed by atoms with E-state index in [2.05, 4.69) is 19.1 Å². The van der Waals surface area contributed by atoms with Crippen molar-refractivity contribution in [2.45, 2.75) is 20.0 Å². The van der Waals surface area contributed by atoms with Crippen molar-refractivity contribution in [2.75, 3.05) is 7.11 Å². The monoisotopic (exact) mass is 362 g/mol. The molecular weight excluding hydrogens is 340 g/mol. The van der Waals surface area contributed by atoms with E-state index in [-0.39, 0.29) is 5.78 Å². The van der Waals surface area contributed by atoms with E-state index < -0.39 is 0 Å². The van der Waals surface area contributed by atoms with Crippen LogP contribution < -0.4 is 9.47 Å². The highest BCUT2D eigenvalue weighted by molar-refractivity contribution is 6.08. The zero-order valence-corrected chi connectivity index (χ0v) is 15.5. The molecule has 138 valence electrons. The molecule has 1 heterocycles. The van der Waals surface area contributed by atoms with Gasteiger partial charge in [0.15, 0.2) is 5.78 Å². The third-order valence-corrected chi connectivity index (χ3v) is 4.17. The van der Waals surface area contributed by atoms with Gasteiger partial charge in [-0.1, -0.05) is 31.2 Å². The molecule has 1 aromatic heterocycles. The number of methoxy groups -OCH3 is 1. The van der Waals surface area contributed by atoms with Crippen LogP contribution in [0.2, 0.25) is 0 Å². The number of carbonyl (C=O) groups is 1. The Morgan fingerprint density at radius 1 is 1.04 bits per heavy atom. The summed E-state index contributed by atoms with van der Waals surface area (Å²) in [7, 11) is 1.55. The van der Waals surface area contributed by atoms with Crippen LogP contribution in [0.25, 0.3) is 6.08 Å². The Morgan fingerprint density at radius 2 is 1.81 bits per heavy atom. The minimum absolute atomic E-state index is 0.141. The molecule has 0 aliphatic heterocycles. The lowest BCUT2D eigenvalue weighted by Crippen LogP contribution is -1.98. The Kier molecular flexibility index (Phi) is 6.10. The van der Waals surface area contributed by atoms with E-state index in [1.165, 1.54) is 11.6 Å². The highest BCUT2D eigenvalue weighted by Gasteiger charge is 2.08. The standard InChI is InChI=1S/C23H22O4/c1-3-17-8-10-18(11-9-17)26-16-20-13-12-19(27-20)14-15-22(24)21-6-4-5-7-23(21)25-2/h4-15H,3,16H2,1-2H3/b15-14+. The molecule has 0 saturated carbocycles. The minimum Gasteiger partial charge on any atom is -0.496 e. The van der Waals surface area contributed by atoms with Gasteiger partial charge < -0.3 is 13.9 Å². The van der Waals surface area contributed by atoms with Crippen LogP contribution in [0.1, 0.15) is 34.4 Å². The van der Waals surface area contributed by atoms with Gasteiger partial charge in [-0.15, -0.1) is 0 Å². The lowest BCUT2D eigenvalue weighted by atomic mass is 10.1. The highest BCUT2D eigenvalue weighted by Crippen LogP contribution is 2.20. The molecule has 0 bridgehead atoms. The van der Waals surface area contributed by atoms with Crippen LogP contribution in [0, 0.1) is 0 Å². The lowest BCUT2D eigenvalue weighted by molar-refractivity contribution is 0.104. The predicted octanol–water partition coefficient (Wildman–Crippen LogP) is 5.33. The van der Waals surface area contributed by atoms with Crippen molar-refractivity contribution < 1.29 is 18.7 Å². The maximum Gasteiger partial charge on any atom is 0.189 e. The summed E-state index contributed by atoms with van der Waals surface area (Å²) >= 11 is 0. The van der Waals surface area contributed by atoms with Gasteiger partial charge in [0.05, 0.1) is 12.7 Å². The van der Waals surface area contributed by atoms with Gasteiger partial charge in [-0.3, -0.25) is 4.79 Å². The van der Waals surface area contributed by atoms with Gasteiger partial charge in [-0.25, -0.2) is 0 Å². The van der Waals surface area contributed by atoms with Crippen molar-refractivity contribution >= 4 is 11.9 Å². The Hall–Kier alpha value is -3.27. The molecule has 3 rings (SSSR count). The van der Waals surface area contributed by atoms with Crippen LogP contribution in [-0.2, 0) is 13.0 Å². The molecule has 0 N–H and O–H groups in total. The van der Waals surface area contributed by atoms with Crippen molar-refractivity contribution in [1.29, 1.82) is 0 Å². The van der Waals surface area contributed by atoms with Gasteiger partial charge in [0.2, 0.25) is 0 Å². The summed E-state index contributed by atoms with van der Waals surface area (Å²) < 4.78 is 16.6. The number of hydrogen-bond acceptors (Lipinski definition) is 4. The van der Waals surface area contributed by atoms with E-state index >= 15 is 0 Å². The quantitative estimate of drug-likeness (QED) is 0.402. The second-order valence-corrected chi connectivity index (χ2v) is 5.99. The van der Waals surface area contributed by atoms with Crippen molar-refractivity contribution in [2.24, 2.45) is 0 Å². The van der Waals surface area contributed by atoms with Crippen molar-refractivity contribution in [3.8, 4) is 11.5 Å². The Morgan fingerprint density at radius 3 is 2.56 bits per heavy atom. The average molecular weight is 362 g/mol. The average Bonchev–Trinajstić information content (AvgIpc) is 3.18. The van der Waals surface area contributed by atoms with Crippen molar-refractivity contribution in [3.63, 3.8) is 0 Å². The number of allylic oxidation sites excluding steroid dienone is 1. The fraction of sp³-hybridized carbons (Fsp3) is 0.174. The summed E-state index contributed by atoms with van der Waals surface area (Å²) in [6.45, 7) is 2.45. The molecule has 0 aliphatic carbocycles. The van der Waals surface area contributed by atoms with Gasteiger partial charge in [-0.05, 0) is 60.5 Å². The number of benzene rings is 2. The van der Waals surface area contributed by atoms with E-state index in [1.54, 1.807) is 31.4 Å². The van der Waals surface area contributed by atoms with E-state index in [0.717, 1.165) is 12.2 Å². The predicted molar refractivity (Wildman–Crippen MR) is 105 cm³/mol. The fourth-order valence-electron chi connectivity index (χ4n) is 2.63. The largest absolute Gasteiger partial charge is 0.496 e. The molecule has 0 aliphatic rings. The van der Waals surface area contributed by atoms with Gasteiger partial charge in [0.1, 0.15) is 29.6 Å². The molecule has 2 aromatic carbocycles. The van der Waals surface area contributed by atoms with Crippen LogP contribution in [0.4, 0.5) is 0 Å². The first-order valence-corrected chi connectivity index (χ1v) is 8.85. The molecule has 3 aromatic rings. The second-order valence-electron chi connectivity index (χ2n) is 5.99. The number of aryl methyl sites for hydroxylation is 1. The first-order valence-electron chi connectivity index (χ1n) is 8.85. The molecule has 0 amide bonds. The molecule has 27 heavy (non-hydrogen) atoms. The van der Waals surface area contributed by atoms with Crippen LogP contribution in [0.15, 0.2) is 71.2 Å². The number of ketones is 1. The smallest absolute Gasteiger partial charge is 0.189 e. The van der Waals surface area contributed by atoms with Gasteiger partial charge in [0.25, 0.3) is 0 Å². The maximum absolute atomic E-state index is 12.3. The Balaban J connectivity index is 1.60. The number of hydrogen-bond donors (Lipinski definition) is 0. The highest BCUT2D eigenvalue weighted by atomic mass is 16.5. The SMILES string of the molecule is CCc1ccc(OCc2ccc(/C=C/C(=O)c3ccccc3OC)o2)cc1. The van der Waals surface area contributed by atoms with Crippen molar-refractivity contribution in [1.82, 2.24) is 0 Å². The fourth-order valence-corrected chi connectivity index (χ4v) is 2.63. The second kappa shape index (κ2) is 8.90. The minimum atomic E-state index is -0.141. The van der Waals surface area contributed by atoms with Gasteiger partial charge in [0, 0.05) is 0 Å². The third-order valence-electron chi connectivity index (χ3n) is 4.17. The summed E-state index contributed by atoms with van der Waals surface area (Å²) in [6, 6.07) is 18.8. The molecule has 4 nitrogen and oxygen atoms in total. The Labute approximate surface area is 159 Å². The van der Waals surface area contributed by atoms with Gasteiger partial charge >= 0.3 is 0 Å². The Bertz CT molecular complexity index is 920. The number of carbonyl (C=O) groups excluding carboxylic acids is 1. The van der Waals surface area contributed by atoms with E-state index in [1.807, 2.05) is 30.3 Å². The van der Waals surface area contributed by atoms with E-state index in [0.29, 0.717) is 29.4 Å². The topological polar surface area (TPSA) is 48.7 Å². The number of rotatable bonds is 8. The van der Waals surface area contributed by atoms with Crippen LogP contribution >= 0.6 is 0 Å². The van der Waals surface area contributed by atoms with Crippen LogP contribution in [-0.4, -0.2) is 12.9 Å². The summed E-state index contributed by atoms with van der Waals surface area (Å²) in [4.78, 5) is 12.3. The van der Waals surface area contributed by atoms with Crippen molar-refractivity contribution in [3.05, 3.63) is 89.4 Å². The summed E-state index contributed by atoms with van der Waals surface area (Å²) in [5, 5.41) is 0. The molecule has 0 spiro atoms. The number of furan rings is 1. The zero-order valence-electron chi connectivity index (χ0n) is 15.5. The summed E-state index contributed by atoms with van der Waals surface area (Å²) in [6.07, 6.45) is 4.13. The zero-order chi connectivity index (χ0) is 19.1. The maximum atomic E-state index is 12.3. The summed E-state index contributed by atoms with van der Waals surface area (Å²) in [5.74, 6) is 2.50. The number of ether oxygens (including phenoxy) is 2. The first-order chi connectivity index (χ1) is 13.2. The van der Waals surface area contributed by atoms with E-state index in [4.69, 9.17) is 13.9 Å². The lowest BCUT2D eigenvalue weighted by Gasteiger charge is -2.05.